The van der Waals surface area contributed by atoms with Crippen LogP contribution in [0, 0.1) is 11.8 Å². The molecule has 0 unspecified atom stereocenters. The van der Waals surface area contributed by atoms with Gasteiger partial charge in [0.1, 0.15) is 11.3 Å². The average Bonchev–Trinajstić information content (AvgIpc) is 3.00. The van der Waals surface area contributed by atoms with Gasteiger partial charge in [-0.15, -0.1) is 0 Å². The molecule has 1 aromatic carbocycles. The van der Waals surface area contributed by atoms with E-state index in [-0.39, 0.29) is 43.5 Å². The molecule has 0 radical (unpaired) electrons. The van der Waals surface area contributed by atoms with E-state index in [2.05, 4.69) is 0 Å². The number of esters is 1. The Kier molecular flexibility index (Phi) is 5.00. The standard InChI is InChI=1S/C22H28N2O5/c1-4-6-11-23-12-17(25)24-19-14-9-7-8-10-16(14)29-13-15(19)18(20(26)28-5-2)22(24,3)21(23)27/h7-10,15,18-19H,4-6,11-13H2,1-3H3/t15-,18-,19+,22-/m1/s1. The van der Waals surface area contributed by atoms with Crippen LogP contribution in [0.3, 0.4) is 0 Å². The summed E-state index contributed by atoms with van der Waals surface area (Å²) in [5, 5.41) is 0. The van der Waals surface area contributed by atoms with Crippen LogP contribution >= 0.6 is 0 Å². The van der Waals surface area contributed by atoms with Gasteiger partial charge in [-0.3, -0.25) is 14.4 Å². The number of carbonyl (C=O) groups excluding carboxylic acids is 3. The summed E-state index contributed by atoms with van der Waals surface area (Å²) < 4.78 is 11.3. The molecule has 3 aliphatic rings. The summed E-state index contributed by atoms with van der Waals surface area (Å²) in [5.74, 6) is -1.12. The molecule has 4 atom stereocenters. The maximum absolute atomic E-state index is 13.6. The lowest BCUT2D eigenvalue weighted by Gasteiger charge is -2.46. The fourth-order valence-electron chi connectivity index (χ4n) is 5.28. The van der Waals surface area contributed by atoms with Crippen molar-refractivity contribution in [2.24, 2.45) is 11.8 Å². The number of fused-ring (bicyclic) bond motifs is 5. The number of para-hydroxylation sites is 1. The van der Waals surface area contributed by atoms with Crippen molar-refractivity contribution in [1.82, 2.24) is 9.80 Å². The number of hydrogen-bond acceptors (Lipinski definition) is 5. The number of amides is 2. The van der Waals surface area contributed by atoms with E-state index < -0.39 is 17.4 Å². The monoisotopic (exact) mass is 400 g/mol. The minimum absolute atomic E-state index is 0.0518. The molecule has 3 aliphatic heterocycles. The van der Waals surface area contributed by atoms with Gasteiger partial charge in [-0.25, -0.2) is 0 Å². The van der Waals surface area contributed by atoms with Crippen LogP contribution in [-0.2, 0) is 19.1 Å². The second-order valence-corrected chi connectivity index (χ2v) is 8.18. The lowest BCUT2D eigenvalue weighted by molar-refractivity contribution is -0.170. The van der Waals surface area contributed by atoms with Gasteiger partial charge in [0.05, 0.1) is 31.7 Å². The predicted octanol–water partition coefficient (Wildman–Crippen LogP) is 2.16. The van der Waals surface area contributed by atoms with Crippen molar-refractivity contribution in [2.75, 3.05) is 26.3 Å². The summed E-state index contributed by atoms with van der Waals surface area (Å²) in [6.45, 7) is 6.59. The molecule has 0 aromatic heterocycles. The summed E-state index contributed by atoms with van der Waals surface area (Å²) in [5.41, 5.74) is -0.421. The number of ether oxygens (including phenoxy) is 2. The lowest BCUT2D eigenvalue weighted by Crippen LogP contribution is -2.67. The van der Waals surface area contributed by atoms with Crippen molar-refractivity contribution in [3.63, 3.8) is 0 Å². The first-order chi connectivity index (χ1) is 13.9. The number of piperazine rings is 1. The summed E-state index contributed by atoms with van der Waals surface area (Å²) in [7, 11) is 0. The van der Waals surface area contributed by atoms with Crippen LogP contribution in [0.4, 0.5) is 0 Å². The Bertz CT molecular complexity index is 840. The van der Waals surface area contributed by atoms with E-state index in [4.69, 9.17) is 9.47 Å². The van der Waals surface area contributed by atoms with Gasteiger partial charge in [0.25, 0.3) is 0 Å². The Morgan fingerprint density at radius 2 is 2.03 bits per heavy atom. The molecule has 3 heterocycles. The van der Waals surface area contributed by atoms with Crippen molar-refractivity contribution in [1.29, 1.82) is 0 Å². The zero-order valence-electron chi connectivity index (χ0n) is 17.2. The van der Waals surface area contributed by atoms with Crippen molar-refractivity contribution in [3.05, 3.63) is 29.8 Å². The van der Waals surface area contributed by atoms with Gasteiger partial charge < -0.3 is 19.3 Å². The summed E-state index contributed by atoms with van der Waals surface area (Å²) in [6, 6.07) is 7.19. The third kappa shape index (κ3) is 2.81. The second kappa shape index (κ2) is 7.35. The number of benzene rings is 1. The lowest BCUT2D eigenvalue weighted by atomic mass is 9.77. The third-order valence-corrected chi connectivity index (χ3v) is 6.52. The minimum atomic E-state index is -1.27. The molecular weight excluding hydrogens is 372 g/mol. The van der Waals surface area contributed by atoms with Crippen LogP contribution in [0.15, 0.2) is 24.3 Å². The van der Waals surface area contributed by atoms with E-state index in [1.807, 2.05) is 31.2 Å². The molecule has 156 valence electrons. The van der Waals surface area contributed by atoms with Gasteiger partial charge in [0, 0.05) is 18.0 Å². The van der Waals surface area contributed by atoms with Crippen molar-refractivity contribution in [3.8, 4) is 5.75 Å². The topological polar surface area (TPSA) is 76.2 Å². The molecule has 0 bridgehead atoms. The highest BCUT2D eigenvalue weighted by atomic mass is 16.5. The van der Waals surface area contributed by atoms with Crippen LogP contribution < -0.4 is 4.74 Å². The quantitative estimate of drug-likeness (QED) is 0.708. The van der Waals surface area contributed by atoms with Crippen LogP contribution in [0.1, 0.15) is 45.2 Å². The number of carbonyl (C=O) groups is 3. The highest BCUT2D eigenvalue weighted by Crippen LogP contribution is 2.56. The normalized spacial score (nSPS) is 30.4. The Morgan fingerprint density at radius 1 is 1.28 bits per heavy atom. The molecule has 1 aromatic rings. The first kappa shape index (κ1) is 19.7. The first-order valence-electron chi connectivity index (χ1n) is 10.4. The van der Waals surface area contributed by atoms with Gasteiger partial charge in [-0.1, -0.05) is 31.5 Å². The Labute approximate surface area is 170 Å². The van der Waals surface area contributed by atoms with Gasteiger partial charge in [0.15, 0.2) is 0 Å². The molecule has 2 amide bonds. The Hall–Kier alpha value is -2.57. The van der Waals surface area contributed by atoms with E-state index in [1.54, 1.807) is 23.6 Å². The molecule has 0 N–H and O–H groups in total. The van der Waals surface area contributed by atoms with Crippen LogP contribution in [0.5, 0.6) is 5.75 Å². The van der Waals surface area contributed by atoms with Crippen molar-refractivity contribution < 1.29 is 23.9 Å². The number of nitrogens with zero attached hydrogens (tertiary/aromatic N) is 2. The van der Waals surface area contributed by atoms with E-state index in [0.717, 1.165) is 18.4 Å². The zero-order valence-corrected chi connectivity index (χ0v) is 17.2. The van der Waals surface area contributed by atoms with Crippen molar-refractivity contribution in [2.45, 2.75) is 45.2 Å². The smallest absolute Gasteiger partial charge is 0.312 e. The Balaban J connectivity index is 1.83. The fraction of sp³-hybridized carbons (Fsp3) is 0.591. The third-order valence-electron chi connectivity index (χ3n) is 6.52. The number of unbranched alkanes of at least 4 members (excludes halogenated alkanes) is 1. The van der Waals surface area contributed by atoms with Gasteiger partial charge in [-0.2, -0.15) is 0 Å². The predicted molar refractivity (Wildman–Crippen MR) is 105 cm³/mol. The largest absolute Gasteiger partial charge is 0.493 e. The summed E-state index contributed by atoms with van der Waals surface area (Å²) >= 11 is 0. The van der Waals surface area contributed by atoms with E-state index in [1.165, 1.54) is 0 Å². The second-order valence-electron chi connectivity index (χ2n) is 8.18. The molecule has 7 nitrogen and oxygen atoms in total. The molecule has 0 saturated carbocycles. The molecule has 0 spiro atoms. The van der Waals surface area contributed by atoms with Gasteiger partial charge in [-0.05, 0) is 26.3 Å². The highest BCUT2D eigenvalue weighted by molar-refractivity contribution is 6.02. The molecule has 2 saturated heterocycles. The van der Waals surface area contributed by atoms with Crippen LogP contribution in [0.25, 0.3) is 0 Å². The molecule has 4 rings (SSSR count). The molecule has 29 heavy (non-hydrogen) atoms. The molecular formula is C22H28N2O5. The number of rotatable bonds is 5. The van der Waals surface area contributed by atoms with Gasteiger partial charge >= 0.3 is 5.97 Å². The van der Waals surface area contributed by atoms with Crippen LogP contribution in [-0.4, -0.2) is 59.4 Å². The maximum Gasteiger partial charge on any atom is 0.312 e. The zero-order chi connectivity index (χ0) is 20.8. The number of hydrogen-bond donors (Lipinski definition) is 0. The maximum atomic E-state index is 13.6. The first-order valence-corrected chi connectivity index (χ1v) is 10.4. The van der Waals surface area contributed by atoms with E-state index in [9.17, 15) is 14.4 Å². The van der Waals surface area contributed by atoms with Crippen molar-refractivity contribution >= 4 is 17.8 Å². The van der Waals surface area contributed by atoms with Gasteiger partial charge in [0.2, 0.25) is 11.8 Å². The highest BCUT2D eigenvalue weighted by Gasteiger charge is 2.68. The SMILES string of the molecule is CCCCN1CC(=O)N2[C@H]3c4ccccc4OC[C@@H]3[C@H](C(=O)OCC)[C@]2(C)C1=O. The summed E-state index contributed by atoms with van der Waals surface area (Å²) in [6.07, 6.45) is 1.74. The summed E-state index contributed by atoms with van der Waals surface area (Å²) in [4.78, 5) is 43.3. The fourth-order valence-corrected chi connectivity index (χ4v) is 5.28. The average molecular weight is 400 g/mol. The minimum Gasteiger partial charge on any atom is -0.493 e. The molecule has 7 heteroatoms. The molecule has 2 fully saturated rings. The van der Waals surface area contributed by atoms with E-state index >= 15 is 0 Å². The van der Waals surface area contributed by atoms with Crippen LogP contribution in [0.2, 0.25) is 0 Å². The Morgan fingerprint density at radius 3 is 2.76 bits per heavy atom. The molecule has 0 aliphatic carbocycles. The van der Waals surface area contributed by atoms with E-state index in [0.29, 0.717) is 12.3 Å².